The number of hydrogen-bond acceptors (Lipinski definition) is 4. The van der Waals surface area contributed by atoms with Crippen LogP contribution < -0.4 is 10.6 Å². The monoisotopic (exact) mass is 294 g/mol. The number of alkyl halides is 3. The summed E-state index contributed by atoms with van der Waals surface area (Å²) in [7, 11) is 0. The van der Waals surface area contributed by atoms with Gasteiger partial charge in [0.25, 0.3) is 0 Å². The number of amides is 1. The van der Waals surface area contributed by atoms with Crippen LogP contribution in [0.3, 0.4) is 0 Å². The summed E-state index contributed by atoms with van der Waals surface area (Å²) in [6, 6.07) is 1.19. The smallest absolute Gasteiger partial charge is 0.315 e. The van der Waals surface area contributed by atoms with Crippen molar-refractivity contribution in [2.75, 3.05) is 18.4 Å². The Bertz CT molecular complexity index is 488. The van der Waals surface area contributed by atoms with E-state index < -0.39 is 24.0 Å². The Hall–Kier alpha value is -1.41. The highest BCUT2D eigenvalue weighted by molar-refractivity contribution is 6.29. The van der Waals surface area contributed by atoms with Gasteiger partial charge in [-0.15, -0.1) is 0 Å². The fourth-order valence-corrected chi connectivity index (χ4v) is 2.04. The molecule has 104 valence electrons. The quantitative estimate of drug-likeness (QED) is 0.813. The predicted octanol–water partition coefficient (Wildman–Crippen LogP) is 1.61. The van der Waals surface area contributed by atoms with Crippen molar-refractivity contribution in [3.8, 4) is 0 Å². The largest absolute Gasteiger partial charge is 0.404 e. The molecule has 0 radical (unpaired) electrons. The molecule has 0 saturated carbocycles. The topological polar surface area (TPSA) is 66.9 Å². The van der Waals surface area contributed by atoms with Crippen molar-refractivity contribution < 1.29 is 18.0 Å². The van der Waals surface area contributed by atoms with Gasteiger partial charge in [-0.25, -0.2) is 9.97 Å². The van der Waals surface area contributed by atoms with Gasteiger partial charge in [-0.1, -0.05) is 11.6 Å². The van der Waals surface area contributed by atoms with Crippen LogP contribution in [0.25, 0.3) is 0 Å². The Morgan fingerprint density at radius 3 is 2.74 bits per heavy atom. The molecule has 0 aliphatic carbocycles. The molecule has 1 aliphatic rings. The lowest BCUT2D eigenvalue weighted by atomic mass is 9.85. The Kier molecular flexibility index (Phi) is 3.64. The summed E-state index contributed by atoms with van der Waals surface area (Å²) in [6.45, 7) is -0.307. The van der Waals surface area contributed by atoms with E-state index in [4.69, 9.17) is 11.6 Å². The van der Waals surface area contributed by atoms with Crippen molar-refractivity contribution in [1.29, 1.82) is 0 Å². The van der Waals surface area contributed by atoms with E-state index in [0.29, 0.717) is 0 Å². The molecule has 1 fully saturated rings. The maximum Gasteiger partial charge on any atom is 0.404 e. The summed E-state index contributed by atoms with van der Waals surface area (Å²) in [6.07, 6.45) is -3.87. The highest BCUT2D eigenvalue weighted by atomic mass is 35.5. The molecule has 19 heavy (non-hydrogen) atoms. The summed E-state index contributed by atoms with van der Waals surface area (Å²) >= 11 is 5.58. The average Bonchev–Trinajstić information content (AvgIpc) is 2.78. The third-order valence-electron chi connectivity index (χ3n) is 3.01. The molecule has 2 N–H and O–H groups in total. The fourth-order valence-electron chi connectivity index (χ4n) is 1.89. The molecule has 2 rings (SSSR count). The van der Waals surface area contributed by atoms with Crippen LogP contribution in [-0.4, -0.2) is 35.1 Å². The molecule has 1 saturated heterocycles. The number of halogens is 4. The molecule has 1 aromatic rings. The second kappa shape index (κ2) is 4.93. The van der Waals surface area contributed by atoms with E-state index in [1.165, 1.54) is 6.07 Å². The van der Waals surface area contributed by atoms with Crippen molar-refractivity contribution in [2.24, 2.45) is 5.41 Å². The molecule has 1 aromatic heterocycles. The molecule has 1 amide bonds. The number of carbonyl (C=O) groups is 1. The molecule has 2 heterocycles. The van der Waals surface area contributed by atoms with E-state index in [2.05, 4.69) is 20.6 Å². The standard InChI is InChI=1S/C10H10ClF3N4O/c11-6-3-7(17-5-16-6)18-8(19)9(10(12,13)14)1-2-15-4-9/h3,5,15H,1-2,4H2,(H,16,17,18,19). The first-order valence-electron chi connectivity index (χ1n) is 5.42. The Morgan fingerprint density at radius 1 is 1.47 bits per heavy atom. The summed E-state index contributed by atoms with van der Waals surface area (Å²) in [5.41, 5.74) is -2.43. The van der Waals surface area contributed by atoms with Crippen LogP contribution in [0.5, 0.6) is 0 Å². The lowest BCUT2D eigenvalue weighted by Gasteiger charge is -2.29. The molecule has 1 aliphatic heterocycles. The van der Waals surface area contributed by atoms with E-state index in [9.17, 15) is 18.0 Å². The highest BCUT2D eigenvalue weighted by Crippen LogP contribution is 2.43. The van der Waals surface area contributed by atoms with Gasteiger partial charge in [0.15, 0.2) is 5.41 Å². The summed E-state index contributed by atoms with van der Waals surface area (Å²) in [5.74, 6) is -1.19. The van der Waals surface area contributed by atoms with Gasteiger partial charge in [0.1, 0.15) is 17.3 Å². The van der Waals surface area contributed by atoms with Crippen LogP contribution in [0.4, 0.5) is 19.0 Å². The molecule has 0 spiro atoms. The maximum absolute atomic E-state index is 13.1. The Labute approximate surface area is 111 Å². The SMILES string of the molecule is O=C(Nc1cc(Cl)ncn1)C1(C(F)(F)F)CCNC1. The average molecular weight is 295 g/mol. The lowest BCUT2D eigenvalue weighted by Crippen LogP contribution is -2.49. The number of nitrogens with one attached hydrogen (secondary N) is 2. The number of anilines is 1. The van der Waals surface area contributed by atoms with E-state index in [1.807, 2.05) is 0 Å². The molecule has 1 atom stereocenters. The number of nitrogens with zero attached hydrogens (tertiary/aromatic N) is 2. The van der Waals surface area contributed by atoms with Crippen LogP contribution in [-0.2, 0) is 4.79 Å². The minimum absolute atomic E-state index is 0.0379. The first kappa shape index (κ1) is 14.0. The van der Waals surface area contributed by atoms with E-state index in [0.717, 1.165) is 6.33 Å². The van der Waals surface area contributed by atoms with Crippen LogP contribution in [0.2, 0.25) is 5.15 Å². The minimum atomic E-state index is -4.63. The minimum Gasteiger partial charge on any atom is -0.315 e. The van der Waals surface area contributed by atoms with Gasteiger partial charge in [0.05, 0.1) is 0 Å². The van der Waals surface area contributed by atoms with Gasteiger partial charge >= 0.3 is 6.18 Å². The number of aromatic nitrogens is 2. The van der Waals surface area contributed by atoms with Crippen LogP contribution in [0.15, 0.2) is 12.4 Å². The summed E-state index contributed by atoms with van der Waals surface area (Å²) in [5, 5.41) is 4.73. The molecule has 1 unspecified atom stereocenters. The maximum atomic E-state index is 13.1. The van der Waals surface area contributed by atoms with Gasteiger partial charge in [0.2, 0.25) is 5.91 Å². The van der Waals surface area contributed by atoms with E-state index in [-0.39, 0.29) is 23.9 Å². The van der Waals surface area contributed by atoms with Crippen molar-refractivity contribution in [3.05, 3.63) is 17.5 Å². The van der Waals surface area contributed by atoms with Crippen LogP contribution >= 0.6 is 11.6 Å². The van der Waals surface area contributed by atoms with Gasteiger partial charge in [0, 0.05) is 12.6 Å². The molecule has 9 heteroatoms. The molecule has 5 nitrogen and oxygen atoms in total. The zero-order chi connectivity index (χ0) is 14.1. The molecular formula is C10H10ClF3N4O. The highest BCUT2D eigenvalue weighted by Gasteiger charge is 2.61. The zero-order valence-electron chi connectivity index (χ0n) is 9.59. The van der Waals surface area contributed by atoms with E-state index in [1.54, 1.807) is 0 Å². The predicted molar refractivity (Wildman–Crippen MR) is 61.6 cm³/mol. The third-order valence-corrected chi connectivity index (χ3v) is 3.21. The molecule has 0 aromatic carbocycles. The van der Waals surface area contributed by atoms with Crippen molar-refractivity contribution >= 4 is 23.3 Å². The zero-order valence-corrected chi connectivity index (χ0v) is 10.3. The van der Waals surface area contributed by atoms with Crippen LogP contribution in [0.1, 0.15) is 6.42 Å². The second-order valence-electron chi connectivity index (χ2n) is 4.19. The first-order chi connectivity index (χ1) is 8.85. The summed E-state index contributed by atoms with van der Waals surface area (Å²) < 4.78 is 39.3. The van der Waals surface area contributed by atoms with Gasteiger partial charge in [-0.05, 0) is 13.0 Å². The van der Waals surface area contributed by atoms with Gasteiger partial charge < -0.3 is 10.6 Å². The first-order valence-corrected chi connectivity index (χ1v) is 5.79. The normalized spacial score (nSPS) is 23.4. The Balaban J connectivity index is 2.22. The van der Waals surface area contributed by atoms with Gasteiger partial charge in [-0.2, -0.15) is 13.2 Å². The lowest BCUT2D eigenvalue weighted by molar-refractivity contribution is -0.213. The number of carbonyl (C=O) groups excluding carboxylic acids is 1. The van der Waals surface area contributed by atoms with Crippen LogP contribution in [0, 0.1) is 5.41 Å². The molecular weight excluding hydrogens is 285 g/mol. The van der Waals surface area contributed by atoms with Crippen molar-refractivity contribution in [1.82, 2.24) is 15.3 Å². The van der Waals surface area contributed by atoms with Crippen molar-refractivity contribution in [2.45, 2.75) is 12.6 Å². The third kappa shape index (κ3) is 2.64. The Morgan fingerprint density at radius 2 is 2.21 bits per heavy atom. The number of hydrogen-bond donors (Lipinski definition) is 2. The fraction of sp³-hybridized carbons (Fsp3) is 0.500. The molecule has 0 bridgehead atoms. The van der Waals surface area contributed by atoms with Gasteiger partial charge in [-0.3, -0.25) is 4.79 Å². The van der Waals surface area contributed by atoms with Crippen molar-refractivity contribution in [3.63, 3.8) is 0 Å². The summed E-state index contributed by atoms with van der Waals surface area (Å²) in [4.78, 5) is 19.1. The van der Waals surface area contributed by atoms with E-state index >= 15 is 0 Å². The second-order valence-corrected chi connectivity index (χ2v) is 4.57. The number of rotatable bonds is 2.